The lowest BCUT2D eigenvalue weighted by Gasteiger charge is -1.99. The Morgan fingerprint density at radius 2 is 2.00 bits per heavy atom. The third-order valence-electron chi connectivity index (χ3n) is 1.45. The molecule has 5 heteroatoms. The van der Waals surface area contributed by atoms with E-state index in [1.165, 1.54) is 12.1 Å². The second kappa shape index (κ2) is 4.70. The lowest BCUT2D eigenvalue weighted by Crippen LogP contribution is -1.89. The average molecular weight is 324 g/mol. The van der Waals surface area contributed by atoms with Crippen molar-refractivity contribution in [1.29, 1.82) is 0 Å². The average Bonchev–Trinajstić information content (AvgIpc) is 2.08. The Morgan fingerprint density at radius 3 is 2.50 bits per heavy atom. The largest absolute Gasteiger partial charge is 0.478 e. The number of hydrogen-bond donors (Lipinski definition) is 1. The maximum absolute atomic E-state index is 13.1. The van der Waals surface area contributed by atoms with Gasteiger partial charge in [-0.05, 0) is 44.0 Å². The van der Waals surface area contributed by atoms with Crippen molar-refractivity contribution in [2.24, 2.45) is 0 Å². The second-order valence-corrected chi connectivity index (χ2v) is 4.17. The number of carboxylic acid groups (broad SMARTS) is 1. The molecule has 1 rings (SSSR count). The van der Waals surface area contributed by atoms with Gasteiger partial charge in [-0.1, -0.05) is 6.07 Å². The van der Waals surface area contributed by atoms with E-state index in [-0.39, 0.29) is 5.56 Å². The number of carbonyl (C=O) groups is 1. The van der Waals surface area contributed by atoms with E-state index in [0.717, 1.165) is 4.47 Å². The predicted molar refractivity (Wildman–Crippen MR) is 58.6 cm³/mol. The highest BCUT2D eigenvalue weighted by molar-refractivity contribution is 9.13. The Kier molecular flexibility index (Phi) is 3.83. The second-order valence-electron chi connectivity index (χ2n) is 2.46. The minimum atomic E-state index is -1.30. The summed E-state index contributed by atoms with van der Waals surface area (Å²) in [6.45, 7) is 0. The van der Waals surface area contributed by atoms with E-state index >= 15 is 0 Å². The van der Waals surface area contributed by atoms with E-state index in [1.807, 2.05) is 0 Å². The molecule has 0 spiro atoms. The highest BCUT2D eigenvalue weighted by Crippen LogP contribution is 2.27. The van der Waals surface area contributed by atoms with Crippen LogP contribution in [0.15, 0.2) is 33.2 Å². The van der Waals surface area contributed by atoms with Crippen molar-refractivity contribution in [2.45, 2.75) is 0 Å². The standard InChI is InChI=1S/C9H5Br2FO2/c10-6-2-1-5(3-7(6)11)8(12)4-9(13)14/h1-4H,(H,13,14). The molecule has 2 nitrogen and oxygen atoms in total. The first kappa shape index (κ1) is 11.4. The van der Waals surface area contributed by atoms with E-state index in [2.05, 4.69) is 31.9 Å². The van der Waals surface area contributed by atoms with Crippen LogP contribution in [0, 0.1) is 0 Å². The van der Waals surface area contributed by atoms with Crippen molar-refractivity contribution in [1.82, 2.24) is 0 Å². The molecule has 0 aliphatic heterocycles. The quantitative estimate of drug-likeness (QED) is 0.844. The van der Waals surface area contributed by atoms with Crippen molar-refractivity contribution in [3.63, 3.8) is 0 Å². The lowest BCUT2D eigenvalue weighted by molar-refractivity contribution is -0.131. The molecular formula is C9H5Br2FO2. The van der Waals surface area contributed by atoms with E-state index in [9.17, 15) is 9.18 Å². The first-order valence-electron chi connectivity index (χ1n) is 3.56. The first-order valence-corrected chi connectivity index (χ1v) is 5.15. The number of benzene rings is 1. The summed E-state index contributed by atoms with van der Waals surface area (Å²) < 4.78 is 14.6. The summed E-state index contributed by atoms with van der Waals surface area (Å²) in [6, 6.07) is 4.62. The van der Waals surface area contributed by atoms with Gasteiger partial charge in [-0.2, -0.15) is 0 Å². The smallest absolute Gasteiger partial charge is 0.331 e. The molecule has 1 aromatic carbocycles. The number of rotatable bonds is 2. The summed E-state index contributed by atoms with van der Waals surface area (Å²) >= 11 is 6.42. The fourth-order valence-corrected chi connectivity index (χ4v) is 1.46. The summed E-state index contributed by atoms with van der Waals surface area (Å²) in [5.74, 6) is -2.08. The van der Waals surface area contributed by atoms with Crippen LogP contribution in [0.2, 0.25) is 0 Å². The zero-order valence-corrected chi connectivity index (χ0v) is 9.97. The molecule has 0 unspecified atom stereocenters. The molecule has 0 fully saturated rings. The molecule has 0 atom stereocenters. The summed E-state index contributed by atoms with van der Waals surface area (Å²) in [5, 5.41) is 8.33. The summed E-state index contributed by atoms with van der Waals surface area (Å²) in [4.78, 5) is 10.2. The normalized spacial score (nSPS) is 11.5. The molecule has 0 radical (unpaired) electrons. The molecular weight excluding hydrogens is 319 g/mol. The van der Waals surface area contributed by atoms with Crippen molar-refractivity contribution in [2.75, 3.05) is 0 Å². The van der Waals surface area contributed by atoms with Crippen LogP contribution in [0.3, 0.4) is 0 Å². The number of carboxylic acids is 1. The van der Waals surface area contributed by atoms with Crippen LogP contribution < -0.4 is 0 Å². The molecule has 0 aliphatic rings. The van der Waals surface area contributed by atoms with Gasteiger partial charge in [0.2, 0.25) is 0 Å². The highest BCUT2D eigenvalue weighted by Gasteiger charge is 2.05. The van der Waals surface area contributed by atoms with Gasteiger partial charge in [0.15, 0.2) is 0 Å². The molecule has 0 bridgehead atoms. The third-order valence-corrected chi connectivity index (χ3v) is 3.33. The molecule has 0 amide bonds. The Bertz CT molecular complexity index is 402. The third kappa shape index (κ3) is 2.92. The molecule has 74 valence electrons. The van der Waals surface area contributed by atoms with Crippen LogP contribution >= 0.6 is 31.9 Å². The van der Waals surface area contributed by atoms with Crippen LogP contribution in [0.5, 0.6) is 0 Å². The van der Waals surface area contributed by atoms with Gasteiger partial charge in [0.05, 0.1) is 6.08 Å². The Morgan fingerprint density at radius 1 is 1.36 bits per heavy atom. The maximum atomic E-state index is 13.1. The number of halogens is 3. The van der Waals surface area contributed by atoms with Gasteiger partial charge >= 0.3 is 5.97 Å². The minimum Gasteiger partial charge on any atom is -0.478 e. The maximum Gasteiger partial charge on any atom is 0.331 e. The summed E-state index contributed by atoms with van der Waals surface area (Å²) in [7, 11) is 0. The predicted octanol–water partition coefficient (Wildman–Crippen LogP) is 3.61. The van der Waals surface area contributed by atoms with E-state index < -0.39 is 11.8 Å². The molecule has 0 saturated heterocycles. The Labute approximate surface area is 96.7 Å². The van der Waals surface area contributed by atoms with Crippen LogP contribution in [-0.4, -0.2) is 11.1 Å². The monoisotopic (exact) mass is 322 g/mol. The van der Waals surface area contributed by atoms with Crippen LogP contribution in [-0.2, 0) is 4.79 Å². The molecule has 0 heterocycles. The van der Waals surface area contributed by atoms with Gasteiger partial charge in [0, 0.05) is 14.5 Å². The molecule has 0 aliphatic carbocycles. The zero-order valence-electron chi connectivity index (χ0n) is 6.80. The van der Waals surface area contributed by atoms with Gasteiger partial charge in [-0.3, -0.25) is 0 Å². The minimum absolute atomic E-state index is 0.225. The van der Waals surface area contributed by atoms with Gasteiger partial charge in [0.25, 0.3) is 0 Å². The Hall–Kier alpha value is -0.680. The topological polar surface area (TPSA) is 37.3 Å². The zero-order chi connectivity index (χ0) is 10.7. The van der Waals surface area contributed by atoms with Crippen molar-refractivity contribution < 1.29 is 14.3 Å². The molecule has 1 N–H and O–H groups in total. The lowest BCUT2D eigenvalue weighted by atomic mass is 10.2. The molecule has 0 saturated carbocycles. The van der Waals surface area contributed by atoms with Gasteiger partial charge < -0.3 is 5.11 Å². The fourth-order valence-electron chi connectivity index (χ4n) is 0.836. The van der Waals surface area contributed by atoms with Gasteiger partial charge in [0.1, 0.15) is 5.83 Å². The van der Waals surface area contributed by atoms with E-state index in [0.29, 0.717) is 10.5 Å². The summed E-state index contributed by atoms with van der Waals surface area (Å²) in [6.07, 6.45) is 0.523. The van der Waals surface area contributed by atoms with Crippen LogP contribution in [0.25, 0.3) is 5.83 Å². The van der Waals surface area contributed by atoms with Gasteiger partial charge in [-0.25, -0.2) is 9.18 Å². The summed E-state index contributed by atoms with van der Waals surface area (Å²) in [5.41, 5.74) is 0.225. The van der Waals surface area contributed by atoms with Crippen molar-refractivity contribution >= 4 is 43.7 Å². The molecule has 1 aromatic rings. The van der Waals surface area contributed by atoms with E-state index in [1.54, 1.807) is 6.07 Å². The highest BCUT2D eigenvalue weighted by atomic mass is 79.9. The van der Waals surface area contributed by atoms with E-state index in [4.69, 9.17) is 5.11 Å². The SMILES string of the molecule is O=C(O)C=C(F)c1ccc(Br)c(Br)c1. The number of hydrogen-bond acceptors (Lipinski definition) is 1. The van der Waals surface area contributed by atoms with Crippen LogP contribution in [0.4, 0.5) is 4.39 Å². The number of aliphatic carboxylic acids is 1. The molecule has 14 heavy (non-hydrogen) atoms. The molecule has 0 aromatic heterocycles. The van der Waals surface area contributed by atoms with Crippen molar-refractivity contribution in [3.05, 3.63) is 38.8 Å². The van der Waals surface area contributed by atoms with Gasteiger partial charge in [-0.15, -0.1) is 0 Å². The van der Waals surface area contributed by atoms with Crippen molar-refractivity contribution in [3.8, 4) is 0 Å². The first-order chi connectivity index (χ1) is 6.50. The fraction of sp³-hybridized carbons (Fsp3) is 0. The van der Waals surface area contributed by atoms with Crippen LogP contribution in [0.1, 0.15) is 5.56 Å². The Balaban J connectivity index is 3.09.